The molecule has 60 valence electrons. The van der Waals surface area contributed by atoms with Crippen molar-refractivity contribution in [3.05, 3.63) is 0 Å². The topological polar surface area (TPSA) is 44.1 Å². The van der Waals surface area contributed by atoms with Gasteiger partial charge in [-0.1, -0.05) is 0 Å². The molecule has 1 saturated heterocycles. The molecule has 1 rings (SSSR count). The van der Waals surface area contributed by atoms with Crippen molar-refractivity contribution in [3.63, 3.8) is 0 Å². The molecule has 0 radical (unpaired) electrons. The van der Waals surface area contributed by atoms with E-state index in [2.05, 4.69) is 0 Å². The van der Waals surface area contributed by atoms with E-state index in [9.17, 15) is 4.79 Å². The van der Waals surface area contributed by atoms with E-state index in [1.807, 2.05) is 19.9 Å². The largest absolute Gasteiger partial charge is 0.324 e. The van der Waals surface area contributed by atoms with Crippen LogP contribution in [0.5, 0.6) is 0 Å². The lowest BCUT2D eigenvalue weighted by Gasteiger charge is -2.29. The molecule has 11 heavy (non-hydrogen) atoms. The van der Waals surface area contributed by atoms with Crippen LogP contribution in [0.3, 0.4) is 0 Å². The minimum Gasteiger partial charge on any atom is -0.324 e. The number of carbonyl (C=O) groups is 1. The minimum absolute atomic E-state index is 0.104. The van der Waals surface area contributed by atoms with Gasteiger partial charge in [-0.15, -0.1) is 0 Å². The molecule has 1 aliphatic rings. The molecular weight excluding hydrogens is 140 g/mol. The molecule has 0 aromatic rings. The number of nitrogens with zero attached hydrogens (tertiary/aromatic N) is 2. The normalized spacial score (nSPS) is 21.9. The third-order valence-electron chi connectivity index (χ3n) is 2.21. The molecule has 1 heterocycles. The maximum Gasteiger partial charge on any atom is 0.223 e. The first-order chi connectivity index (χ1) is 5.08. The lowest BCUT2D eigenvalue weighted by Crippen LogP contribution is -2.40. The molecule has 1 amide bonds. The second-order valence-electron chi connectivity index (χ2n) is 3.45. The first kappa shape index (κ1) is 8.06. The van der Waals surface area contributed by atoms with Gasteiger partial charge in [0.2, 0.25) is 5.91 Å². The Morgan fingerprint density at radius 3 is 2.73 bits per heavy atom. The second kappa shape index (κ2) is 2.54. The lowest BCUT2D eigenvalue weighted by atomic mass is 10.0. The van der Waals surface area contributed by atoms with Gasteiger partial charge in [-0.3, -0.25) is 4.79 Å². The Morgan fingerprint density at radius 2 is 2.36 bits per heavy atom. The van der Waals surface area contributed by atoms with Gasteiger partial charge in [-0.25, -0.2) is 0 Å². The van der Waals surface area contributed by atoms with Crippen LogP contribution >= 0.6 is 0 Å². The summed E-state index contributed by atoms with van der Waals surface area (Å²) in [5.41, 5.74) is -0.104. The average Bonchev–Trinajstić information content (AvgIpc) is 2.16. The van der Waals surface area contributed by atoms with Gasteiger partial charge < -0.3 is 4.90 Å². The Labute approximate surface area is 66.6 Å². The number of amides is 1. The van der Waals surface area contributed by atoms with Crippen molar-refractivity contribution in [2.45, 2.75) is 32.2 Å². The molecule has 0 saturated carbocycles. The van der Waals surface area contributed by atoms with Gasteiger partial charge in [0, 0.05) is 12.0 Å². The minimum atomic E-state index is -0.104. The van der Waals surface area contributed by atoms with Crippen molar-refractivity contribution in [2.24, 2.45) is 0 Å². The predicted molar refractivity (Wildman–Crippen MR) is 40.6 cm³/mol. The molecule has 0 spiro atoms. The van der Waals surface area contributed by atoms with Gasteiger partial charge in [0.05, 0.1) is 6.07 Å². The van der Waals surface area contributed by atoms with E-state index in [1.165, 1.54) is 0 Å². The highest BCUT2D eigenvalue weighted by Crippen LogP contribution is 2.28. The van der Waals surface area contributed by atoms with Crippen molar-refractivity contribution >= 4 is 5.91 Å². The summed E-state index contributed by atoms with van der Waals surface area (Å²) in [7, 11) is 0. The molecular formula is C8H12N2O. The fraction of sp³-hybridized carbons (Fsp3) is 0.750. The Hall–Kier alpha value is -1.04. The Morgan fingerprint density at radius 1 is 1.73 bits per heavy atom. The van der Waals surface area contributed by atoms with Crippen molar-refractivity contribution in [3.8, 4) is 6.07 Å². The van der Waals surface area contributed by atoms with E-state index >= 15 is 0 Å². The molecule has 1 aliphatic heterocycles. The summed E-state index contributed by atoms with van der Waals surface area (Å²) in [6.45, 7) is 4.22. The Bertz CT molecular complexity index is 215. The number of rotatable bonds is 1. The fourth-order valence-electron chi connectivity index (χ4n) is 1.39. The molecule has 0 bridgehead atoms. The van der Waals surface area contributed by atoms with E-state index in [0.29, 0.717) is 6.42 Å². The molecule has 3 nitrogen and oxygen atoms in total. The highest BCUT2D eigenvalue weighted by atomic mass is 16.2. The van der Waals surface area contributed by atoms with E-state index in [1.54, 1.807) is 4.90 Å². The van der Waals surface area contributed by atoms with Gasteiger partial charge in [-0.2, -0.15) is 5.26 Å². The van der Waals surface area contributed by atoms with Gasteiger partial charge in [0.15, 0.2) is 0 Å². The zero-order chi connectivity index (χ0) is 8.48. The van der Waals surface area contributed by atoms with Crippen LogP contribution < -0.4 is 0 Å². The maximum atomic E-state index is 11.2. The molecule has 0 aromatic heterocycles. The molecule has 0 aromatic carbocycles. The molecule has 0 aliphatic carbocycles. The summed E-state index contributed by atoms with van der Waals surface area (Å²) in [4.78, 5) is 12.8. The summed E-state index contributed by atoms with van der Waals surface area (Å²) in [5, 5.41) is 8.43. The number of carbonyl (C=O) groups excluding carboxylic acids is 1. The SMILES string of the molecule is CC1(C)CCC(=O)N1CC#N. The smallest absolute Gasteiger partial charge is 0.223 e. The molecule has 1 fully saturated rings. The molecule has 0 unspecified atom stereocenters. The van der Waals surface area contributed by atoms with E-state index in [-0.39, 0.29) is 18.0 Å². The van der Waals surface area contributed by atoms with Crippen molar-refractivity contribution in [1.29, 1.82) is 5.26 Å². The summed E-state index contributed by atoms with van der Waals surface area (Å²) in [5.74, 6) is 0.108. The first-order valence-corrected chi connectivity index (χ1v) is 3.75. The van der Waals surface area contributed by atoms with Gasteiger partial charge in [0.25, 0.3) is 0 Å². The van der Waals surface area contributed by atoms with Crippen LogP contribution in [-0.2, 0) is 4.79 Å². The monoisotopic (exact) mass is 152 g/mol. The zero-order valence-corrected chi connectivity index (χ0v) is 6.92. The maximum absolute atomic E-state index is 11.2. The van der Waals surface area contributed by atoms with Crippen LogP contribution in [0, 0.1) is 11.3 Å². The number of nitriles is 1. The summed E-state index contributed by atoms with van der Waals surface area (Å²) >= 11 is 0. The van der Waals surface area contributed by atoms with Crippen LogP contribution in [0.15, 0.2) is 0 Å². The highest BCUT2D eigenvalue weighted by Gasteiger charge is 2.36. The van der Waals surface area contributed by atoms with E-state index in [4.69, 9.17) is 5.26 Å². The number of hydrogen-bond donors (Lipinski definition) is 0. The van der Waals surface area contributed by atoms with Crippen molar-refractivity contribution < 1.29 is 4.79 Å². The third kappa shape index (κ3) is 1.35. The lowest BCUT2D eigenvalue weighted by molar-refractivity contribution is -0.129. The van der Waals surface area contributed by atoms with Crippen LogP contribution in [-0.4, -0.2) is 22.9 Å². The highest BCUT2D eigenvalue weighted by molar-refractivity contribution is 5.79. The Kier molecular flexibility index (Phi) is 1.86. The van der Waals surface area contributed by atoms with E-state index < -0.39 is 0 Å². The van der Waals surface area contributed by atoms with Gasteiger partial charge in [0.1, 0.15) is 6.54 Å². The quantitative estimate of drug-likeness (QED) is 0.524. The van der Waals surface area contributed by atoms with Gasteiger partial charge in [-0.05, 0) is 20.3 Å². The number of likely N-dealkylation sites (tertiary alicyclic amines) is 1. The van der Waals surface area contributed by atoms with Crippen LogP contribution in [0.1, 0.15) is 26.7 Å². The third-order valence-corrected chi connectivity index (χ3v) is 2.21. The van der Waals surface area contributed by atoms with Gasteiger partial charge >= 0.3 is 0 Å². The summed E-state index contributed by atoms with van der Waals surface area (Å²) < 4.78 is 0. The van der Waals surface area contributed by atoms with Crippen molar-refractivity contribution in [2.75, 3.05) is 6.54 Å². The Balaban J connectivity index is 2.74. The summed E-state index contributed by atoms with van der Waals surface area (Å²) in [6, 6.07) is 2.00. The fourth-order valence-corrected chi connectivity index (χ4v) is 1.39. The average molecular weight is 152 g/mol. The van der Waals surface area contributed by atoms with Crippen LogP contribution in [0.4, 0.5) is 0 Å². The van der Waals surface area contributed by atoms with Crippen LogP contribution in [0.25, 0.3) is 0 Å². The van der Waals surface area contributed by atoms with E-state index in [0.717, 1.165) is 6.42 Å². The zero-order valence-electron chi connectivity index (χ0n) is 6.92. The second-order valence-corrected chi connectivity index (χ2v) is 3.45. The number of hydrogen-bond acceptors (Lipinski definition) is 2. The first-order valence-electron chi connectivity index (χ1n) is 3.75. The standard InChI is InChI=1S/C8H12N2O/c1-8(2)4-3-7(11)10(8)6-5-9/h3-4,6H2,1-2H3. The van der Waals surface area contributed by atoms with Crippen LogP contribution in [0.2, 0.25) is 0 Å². The predicted octanol–water partition coefficient (Wildman–Crippen LogP) is 0.911. The molecule has 0 N–H and O–H groups in total. The summed E-state index contributed by atoms with van der Waals surface area (Å²) in [6.07, 6.45) is 1.46. The molecule has 0 atom stereocenters. The molecule has 3 heteroatoms. The van der Waals surface area contributed by atoms with Crippen molar-refractivity contribution in [1.82, 2.24) is 4.90 Å².